The molecule has 0 bridgehead atoms. The topological polar surface area (TPSA) is 189 Å². The standard InChI is InChI=1S/C52H103NO10/c1-3-5-7-9-11-13-15-17-18-19-20-21-22-23-24-25-26-27-28-30-31-33-35-37-39-44(55)47(57)43(42-62-52-50(60)49(59)48(58)46(41-54)63-52)53-51(61)45(56)40-38-36-34-32-29-16-14-12-10-8-6-4-2/h43-50,52,54-60H,3-42H2,1-2H3,(H,53,61). The van der Waals surface area contributed by atoms with Crippen molar-refractivity contribution in [2.75, 3.05) is 13.2 Å². The fourth-order valence-electron chi connectivity index (χ4n) is 8.97. The van der Waals surface area contributed by atoms with Gasteiger partial charge in [-0.25, -0.2) is 0 Å². The van der Waals surface area contributed by atoms with Crippen LogP contribution in [0.2, 0.25) is 0 Å². The van der Waals surface area contributed by atoms with Gasteiger partial charge in [-0.3, -0.25) is 4.79 Å². The number of carbonyl (C=O) groups is 1. The highest BCUT2D eigenvalue weighted by Gasteiger charge is 2.44. The molecule has 0 spiro atoms. The van der Waals surface area contributed by atoms with Crippen LogP contribution in [0.15, 0.2) is 0 Å². The Balaban J connectivity index is 2.30. The summed E-state index contributed by atoms with van der Waals surface area (Å²) in [6.45, 7) is 3.47. The van der Waals surface area contributed by atoms with Crippen molar-refractivity contribution in [3.05, 3.63) is 0 Å². The molecule has 376 valence electrons. The predicted molar refractivity (Wildman–Crippen MR) is 256 cm³/mol. The minimum absolute atomic E-state index is 0.266. The Morgan fingerprint density at radius 2 is 0.825 bits per heavy atom. The fraction of sp³-hybridized carbons (Fsp3) is 0.981. The molecule has 0 aromatic rings. The Morgan fingerprint density at radius 3 is 1.17 bits per heavy atom. The number of unbranched alkanes of at least 4 members (excludes halogenated alkanes) is 34. The maximum Gasteiger partial charge on any atom is 0.249 e. The third kappa shape index (κ3) is 31.7. The van der Waals surface area contributed by atoms with Gasteiger partial charge in [0, 0.05) is 0 Å². The van der Waals surface area contributed by atoms with Crippen molar-refractivity contribution >= 4 is 5.91 Å². The Morgan fingerprint density at radius 1 is 0.492 bits per heavy atom. The van der Waals surface area contributed by atoms with Gasteiger partial charge in [0.1, 0.15) is 36.6 Å². The lowest BCUT2D eigenvalue weighted by Crippen LogP contribution is -2.60. The summed E-state index contributed by atoms with van der Waals surface area (Å²) in [7, 11) is 0. The summed E-state index contributed by atoms with van der Waals surface area (Å²) >= 11 is 0. The highest BCUT2D eigenvalue weighted by Crippen LogP contribution is 2.23. The van der Waals surface area contributed by atoms with Gasteiger partial charge in [-0.05, 0) is 12.8 Å². The molecule has 1 amide bonds. The number of ether oxygens (including phenoxy) is 2. The first-order valence-corrected chi connectivity index (χ1v) is 26.9. The number of carbonyl (C=O) groups excluding carboxylic acids is 1. The Kier molecular flexibility index (Phi) is 40.5. The lowest BCUT2D eigenvalue weighted by atomic mass is 9.98. The Labute approximate surface area is 386 Å². The van der Waals surface area contributed by atoms with Crippen LogP contribution in [0.25, 0.3) is 0 Å². The summed E-state index contributed by atoms with van der Waals surface area (Å²) in [4.78, 5) is 13.1. The Bertz CT molecular complexity index is 991. The van der Waals surface area contributed by atoms with Crippen LogP contribution in [0.5, 0.6) is 0 Å². The summed E-state index contributed by atoms with van der Waals surface area (Å²) in [6.07, 6.45) is 34.4. The molecule has 63 heavy (non-hydrogen) atoms. The van der Waals surface area contributed by atoms with Crippen LogP contribution in [-0.4, -0.2) is 110 Å². The number of aliphatic hydroxyl groups excluding tert-OH is 7. The largest absolute Gasteiger partial charge is 0.394 e. The van der Waals surface area contributed by atoms with Gasteiger partial charge in [0.25, 0.3) is 0 Å². The SMILES string of the molecule is CCCCCCCCCCCCCCCCCCCCCCCCCCC(O)C(O)C(COC1OC(CO)C(O)C(O)C1O)NC(=O)C(O)CCCCCCCCCCCCCC. The van der Waals surface area contributed by atoms with Crippen LogP contribution in [-0.2, 0) is 14.3 Å². The monoisotopic (exact) mass is 902 g/mol. The van der Waals surface area contributed by atoms with E-state index in [1.807, 2.05) is 0 Å². The first kappa shape index (κ1) is 60.1. The van der Waals surface area contributed by atoms with Gasteiger partial charge < -0.3 is 50.5 Å². The molecule has 1 heterocycles. The number of hydrogen-bond acceptors (Lipinski definition) is 10. The smallest absolute Gasteiger partial charge is 0.249 e. The van der Waals surface area contributed by atoms with E-state index in [9.17, 15) is 40.5 Å². The van der Waals surface area contributed by atoms with Crippen LogP contribution >= 0.6 is 0 Å². The van der Waals surface area contributed by atoms with Crippen molar-refractivity contribution < 1.29 is 50.0 Å². The second-order valence-electron chi connectivity index (χ2n) is 19.3. The average molecular weight is 902 g/mol. The quantitative estimate of drug-likeness (QED) is 0.0273. The highest BCUT2D eigenvalue weighted by atomic mass is 16.7. The van der Waals surface area contributed by atoms with Crippen molar-refractivity contribution in [1.29, 1.82) is 0 Å². The van der Waals surface area contributed by atoms with Crippen LogP contribution in [0.4, 0.5) is 0 Å². The first-order chi connectivity index (χ1) is 30.7. The maximum atomic E-state index is 13.1. The average Bonchev–Trinajstić information content (AvgIpc) is 3.28. The number of nitrogens with one attached hydrogen (secondary N) is 1. The van der Waals surface area contributed by atoms with Gasteiger partial charge in [0.05, 0.1) is 25.4 Å². The molecular weight excluding hydrogens is 799 g/mol. The number of amides is 1. The molecule has 0 radical (unpaired) electrons. The molecule has 8 N–H and O–H groups in total. The van der Waals surface area contributed by atoms with Gasteiger partial charge in [-0.1, -0.05) is 245 Å². The summed E-state index contributed by atoms with van der Waals surface area (Å²) in [5.74, 6) is -0.693. The second kappa shape index (κ2) is 42.5. The van der Waals surface area contributed by atoms with E-state index in [2.05, 4.69) is 19.2 Å². The van der Waals surface area contributed by atoms with Crippen LogP contribution in [0.3, 0.4) is 0 Å². The van der Waals surface area contributed by atoms with Crippen molar-refractivity contribution in [3.63, 3.8) is 0 Å². The van der Waals surface area contributed by atoms with Gasteiger partial charge in [-0.2, -0.15) is 0 Å². The number of aliphatic hydroxyl groups is 7. The number of rotatable bonds is 46. The van der Waals surface area contributed by atoms with Crippen LogP contribution in [0.1, 0.15) is 258 Å². The fourth-order valence-corrected chi connectivity index (χ4v) is 8.97. The predicted octanol–water partition coefficient (Wildman–Crippen LogP) is 10.2. The molecule has 1 rings (SSSR count). The molecule has 9 unspecified atom stereocenters. The van der Waals surface area contributed by atoms with Gasteiger partial charge in [0.15, 0.2) is 6.29 Å². The lowest BCUT2D eigenvalue weighted by molar-refractivity contribution is -0.303. The van der Waals surface area contributed by atoms with E-state index >= 15 is 0 Å². The summed E-state index contributed by atoms with van der Waals surface area (Å²) in [6, 6.07) is -1.16. The molecule has 0 aromatic heterocycles. The van der Waals surface area contributed by atoms with Crippen LogP contribution in [0, 0.1) is 0 Å². The molecule has 9 atom stereocenters. The maximum absolute atomic E-state index is 13.1. The summed E-state index contributed by atoms with van der Waals surface area (Å²) in [5, 5.41) is 75.9. The van der Waals surface area contributed by atoms with Crippen molar-refractivity contribution in [2.45, 2.75) is 313 Å². The Hall–Kier alpha value is -0.890. The van der Waals surface area contributed by atoms with E-state index in [0.29, 0.717) is 19.3 Å². The zero-order valence-corrected chi connectivity index (χ0v) is 40.8. The van der Waals surface area contributed by atoms with Gasteiger partial charge in [-0.15, -0.1) is 0 Å². The molecule has 0 aromatic carbocycles. The molecule has 11 heteroatoms. The second-order valence-corrected chi connectivity index (χ2v) is 19.3. The van der Waals surface area contributed by atoms with Gasteiger partial charge in [0.2, 0.25) is 5.91 Å². The third-order valence-corrected chi connectivity index (χ3v) is 13.4. The third-order valence-electron chi connectivity index (χ3n) is 13.4. The number of hydrogen-bond donors (Lipinski definition) is 8. The lowest BCUT2D eigenvalue weighted by Gasteiger charge is -2.40. The molecule has 1 saturated heterocycles. The van der Waals surface area contributed by atoms with E-state index < -0.39 is 74.2 Å². The highest BCUT2D eigenvalue weighted by molar-refractivity contribution is 5.80. The zero-order chi connectivity index (χ0) is 46.2. The normalized spacial score (nSPS) is 21.1. The molecular formula is C52H103NO10. The molecule has 0 saturated carbocycles. The van der Waals surface area contributed by atoms with Crippen molar-refractivity contribution in [3.8, 4) is 0 Å². The summed E-state index contributed by atoms with van der Waals surface area (Å²) in [5.41, 5.74) is 0. The zero-order valence-electron chi connectivity index (χ0n) is 40.8. The molecule has 1 aliphatic rings. The molecule has 0 aliphatic carbocycles. The van der Waals surface area contributed by atoms with Crippen molar-refractivity contribution in [1.82, 2.24) is 5.32 Å². The first-order valence-electron chi connectivity index (χ1n) is 26.9. The molecule has 11 nitrogen and oxygen atoms in total. The molecule has 1 fully saturated rings. The molecule has 1 aliphatic heterocycles. The van der Waals surface area contributed by atoms with E-state index in [-0.39, 0.29) is 6.42 Å². The van der Waals surface area contributed by atoms with E-state index in [4.69, 9.17) is 9.47 Å². The van der Waals surface area contributed by atoms with E-state index in [1.165, 1.54) is 180 Å². The van der Waals surface area contributed by atoms with Gasteiger partial charge >= 0.3 is 0 Å². The van der Waals surface area contributed by atoms with Crippen molar-refractivity contribution in [2.24, 2.45) is 0 Å². The summed E-state index contributed by atoms with van der Waals surface area (Å²) < 4.78 is 11.1. The van der Waals surface area contributed by atoms with E-state index in [1.54, 1.807) is 0 Å². The minimum atomic E-state index is -1.66. The minimum Gasteiger partial charge on any atom is -0.394 e. The van der Waals surface area contributed by atoms with E-state index in [0.717, 1.165) is 38.5 Å². The van der Waals surface area contributed by atoms with Crippen LogP contribution < -0.4 is 5.32 Å².